The van der Waals surface area contributed by atoms with E-state index >= 15 is 0 Å². The summed E-state index contributed by atoms with van der Waals surface area (Å²) in [6.07, 6.45) is 2.51. The summed E-state index contributed by atoms with van der Waals surface area (Å²) in [6.45, 7) is 0.430. The fourth-order valence-electron chi connectivity index (χ4n) is 3.29. The Balaban J connectivity index is 5.46. The molecular weight excluding hydrogens is 546 g/mol. The third-order valence-electron chi connectivity index (χ3n) is 5.42. The van der Waals surface area contributed by atoms with E-state index in [1.807, 2.05) is 6.26 Å². The van der Waals surface area contributed by atoms with Crippen LogP contribution in [0.5, 0.6) is 0 Å². The van der Waals surface area contributed by atoms with E-state index in [4.69, 9.17) is 34.4 Å². The SMILES string of the molecule is CSCCC(NC(=O)C(N)CCCN=C(N)N)C(=O)NC(CCC(N)=O)C(=O)NC(CCCN=C(N)N)C(=O)O. The van der Waals surface area contributed by atoms with Gasteiger partial charge in [-0.25, -0.2) is 4.79 Å². The number of carbonyl (C=O) groups excluding carboxylic acids is 4. The molecule has 0 spiro atoms. The molecule has 4 unspecified atom stereocenters. The molecule has 0 fully saturated rings. The Labute approximate surface area is 237 Å². The van der Waals surface area contributed by atoms with E-state index in [1.54, 1.807) is 0 Å². The average Bonchev–Trinajstić information content (AvgIpc) is 2.87. The number of carboxylic acid groups (broad SMARTS) is 1. The molecule has 0 aliphatic heterocycles. The highest BCUT2D eigenvalue weighted by molar-refractivity contribution is 7.98. The van der Waals surface area contributed by atoms with Gasteiger partial charge in [-0.2, -0.15) is 11.8 Å². The molecule has 0 radical (unpaired) electrons. The first-order valence-corrected chi connectivity index (χ1v) is 13.9. The van der Waals surface area contributed by atoms with Crippen LogP contribution < -0.4 is 50.4 Å². The number of rotatable bonds is 21. The van der Waals surface area contributed by atoms with Gasteiger partial charge in [-0.05, 0) is 50.5 Å². The first-order valence-electron chi connectivity index (χ1n) is 12.6. The molecule has 0 bridgehead atoms. The standard InChI is InChI=1S/C22H43N11O6S/c1-40-11-8-14(31-17(35)12(23)4-2-9-29-21(25)26)19(37)32-13(6-7-16(24)34)18(36)33-15(20(38)39)5-3-10-30-22(27)28/h12-15H,2-11,23H2,1H3,(H2,24,34)(H,31,35)(H,32,37)(H,33,36)(H,38,39)(H4,25,26,29)(H4,27,28,30). The molecule has 228 valence electrons. The molecule has 0 aromatic heterocycles. The van der Waals surface area contributed by atoms with Crippen LogP contribution in [0.1, 0.15) is 44.9 Å². The molecule has 18 heteroatoms. The van der Waals surface area contributed by atoms with Crippen LogP contribution in [0.25, 0.3) is 0 Å². The van der Waals surface area contributed by atoms with E-state index in [0.29, 0.717) is 12.2 Å². The molecule has 0 rings (SSSR count). The second-order valence-corrected chi connectivity index (χ2v) is 9.80. The van der Waals surface area contributed by atoms with Gasteiger partial charge >= 0.3 is 5.97 Å². The molecule has 4 amide bonds. The molecule has 0 saturated heterocycles. The summed E-state index contributed by atoms with van der Waals surface area (Å²) in [6, 6.07) is -4.61. The lowest BCUT2D eigenvalue weighted by Crippen LogP contribution is -2.57. The number of carbonyl (C=O) groups is 5. The largest absolute Gasteiger partial charge is 0.480 e. The van der Waals surface area contributed by atoms with Gasteiger partial charge in [0.2, 0.25) is 23.6 Å². The van der Waals surface area contributed by atoms with Gasteiger partial charge in [0.05, 0.1) is 6.04 Å². The van der Waals surface area contributed by atoms with Crippen LogP contribution in [0, 0.1) is 0 Å². The van der Waals surface area contributed by atoms with E-state index in [9.17, 15) is 29.1 Å². The Hall–Kier alpha value is -3.80. The zero-order valence-corrected chi connectivity index (χ0v) is 23.5. The molecule has 0 heterocycles. The van der Waals surface area contributed by atoms with Gasteiger partial charge in [-0.1, -0.05) is 0 Å². The summed E-state index contributed by atoms with van der Waals surface area (Å²) in [5.74, 6) is -3.91. The zero-order valence-electron chi connectivity index (χ0n) is 22.6. The van der Waals surface area contributed by atoms with Gasteiger partial charge in [-0.15, -0.1) is 0 Å². The first kappa shape index (κ1) is 36.2. The van der Waals surface area contributed by atoms with E-state index in [2.05, 4.69) is 25.9 Å². The van der Waals surface area contributed by atoms with Crippen molar-refractivity contribution in [1.29, 1.82) is 0 Å². The molecule has 16 N–H and O–H groups in total. The topological polar surface area (TPSA) is 323 Å². The minimum atomic E-state index is -1.31. The van der Waals surface area contributed by atoms with Gasteiger partial charge in [0.1, 0.15) is 18.1 Å². The summed E-state index contributed by atoms with van der Waals surface area (Å²) in [7, 11) is 0. The van der Waals surface area contributed by atoms with Crippen LogP contribution in [0.3, 0.4) is 0 Å². The minimum Gasteiger partial charge on any atom is -0.480 e. The Morgan fingerprint density at radius 3 is 1.68 bits per heavy atom. The summed E-state index contributed by atoms with van der Waals surface area (Å²) in [4.78, 5) is 69.3. The number of nitrogens with one attached hydrogen (secondary N) is 3. The molecule has 4 atom stereocenters. The van der Waals surface area contributed by atoms with Crippen LogP contribution in [-0.4, -0.2) is 95.9 Å². The molecule has 0 aliphatic rings. The highest BCUT2D eigenvalue weighted by Crippen LogP contribution is 2.07. The molecule has 40 heavy (non-hydrogen) atoms. The monoisotopic (exact) mass is 589 g/mol. The Kier molecular flexibility index (Phi) is 18.2. The summed E-state index contributed by atoms with van der Waals surface area (Å²) < 4.78 is 0. The lowest BCUT2D eigenvalue weighted by molar-refractivity contribution is -0.142. The number of aliphatic imine (C=N–C) groups is 2. The van der Waals surface area contributed by atoms with Crippen LogP contribution in [0.4, 0.5) is 0 Å². The number of hydrogen-bond donors (Lipinski definition) is 10. The van der Waals surface area contributed by atoms with Crippen molar-refractivity contribution in [1.82, 2.24) is 16.0 Å². The van der Waals surface area contributed by atoms with E-state index in [0.717, 1.165) is 0 Å². The number of thioether (sulfide) groups is 1. The lowest BCUT2D eigenvalue weighted by atomic mass is 10.1. The second-order valence-electron chi connectivity index (χ2n) is 8.81. The maximum absolute atomic E-state index is 13.1. The van der Waals surface area contributed by atoms with Crippen molar-refractivity contribution in [2.45, 2.75) is 69.1 Å². The van der Waals surface area contributed by atoms with Gasteiger partial charge in [0.15, 0.2) is 11.9 Å². The zero-order chi connectivity index (χ0) is 30.7. The maximum atomic E-state index is 13.1. The van der Waals surface area contributed by atoms with E-state index < -0.39 is 53.8 Å². The summed E-state index contributed by atoms with van der Waals surface area (Å²) in [5.41, 5.74) is 32.2. The predicted octanol–water partition coefficient (Wildman–Crippen LogP) is -4.02. The van der Waals surface area contributed by atoms with Crippen molar-refractivity contribution in [3.05, 3.63) is 0 Å². The smallest absolute Gasteiger partial charge is 0.326 e. The van der Waals surface area contributed by atoms with E-state index in [-0.39, 0.29) is 63.5 Å². The maximum Gasteiger partial charge on any atom is 0.326 e. The Morgan fingerprint density at radius 2 is 1.20 bits per heavy atom. The second kappa shape index (κ2) is 20.2. The fourth-order valence-corrected chi connectivity index (χ4v) is 3.77. The Morgan fingerprint density at radius 1 is 0.725 bits per heavy atom. The lowest BCUT2D eigenvalue weighted by Gasteiger charge is -2.25. The number of guanidine groups is 2. The van der Waals surface area contributed by atoms with Crippen LogP contribution in [0.2, 0.25) is 0 Å². The third kappa shape index (κ3) is 16.9. The third-order valence-corrected chi connectivity index (χ3v) is 6.06. The van der Waals surface area contributed by atoms with Crippen LogP contribution in [0.15, 0.2) is 9.98 Å². The number of hydrogen-bond acceptors (Lipinski definition) is 9. The number of primary amides is 1. The number of aliphatic carboxylic acids is 1. The van der Waals surface area contributed by atoms with Crippen molar-refractivity contribution < 1.29 is 29.1 Å². The van der Waals surface area contributed by atoms with Crippen molar-refractivity contribution >= 4 is 53.3 Å². The first-order chi connectivity index (χ1) is 18.8. The Bertz CT molecular complexity index is 910. The number of carboxylic acids is 1. The molecule has 0 aromatic rings. The quantitative estimate of drug-likeness (QED) is 0.0347. The predicted molar refractivity (Wildman–Crippen MR) is 153 cm³/mol. The van der Waals surface area contributed by atoms with Crippen LogP contribution >= 0.6 is 11.8 Å². The molecule has 0 saturated carbocycles. The number of nitrogens with two attached hydrogens (primary N) is 6. The van der Waals surface area contributed by atoms with Crippen molar-refractivity contribution in [3.8, 4) is 0 Å². The normalized spacial score (nSPS) is 13.6. The molecule has 17 nitrogen and oxygen atoms in total. The van der Waals surface area contributed by atoms with Gasteiger partial charge in [0.25, 0.3) is 0 Å². The average molecular weight is 590 g/mol. The summed E-state index contributed by atoms with van der Waals surface area (Å²) >= 11 is 1.43. The van der Waals surface area contributed by atoms with Crippen molar-refractivity contribution in [2.75, 3.05) is 25.1 Å². The fraction of sp³-hybridized carbons (Fsp3) is 0.682. The molecular formula is C22H43N11O6S. The highest BCUT2D eigenvalue weighted by Gasteiger charge is 2.30. The highest BCUT2D eigenvalue weighted by atomic mass is 32.2. The minimum absolute atomic E-state index is 0.00180. The van der Waals surface area contributed by atoms with Gasteiger partial charge in [0, 0.05) is 19.5 Å². The van der Waals surface area contributed by atoms with E-state index in [1.165, 1.54) is 11.8 Å². The van der Waals surface area contributed by atoms with Crippen molar-refractivity contribution in [3.63, 3.8) is 0 Å². The summed E-state index contributed by atoms with van der Waals surface area (Å²) in [5, 5.41) is 17.0. The van der Waals surface area contributed by atoms with Gasteiger partial charge in [-0.3, -0.25) is 29.2 Å². The van der Waals surface area contributed by atoms with Gasteiger partial charge < -0.3 is 55.5 Å². The molecule has 0 aromatic carbocycles. The van der Waals surface area contributed by atoms with Crippen LogP contribution in [-0.2, 0) is 24.0 Å². The molecule has 0 aliphatic carbocycles. The number of nitrogens with zero attached hydrogens (tertiary/aromatic N) is 2. The van der Waals surface area contributed by atoms with Crippen molar-refractivity contribution in [2.24, 2.45) is 44.4 Å². The number of amides is 4.